The summed E-state index contributed by atoms with van der Waals surface area (Å²) >= 11 is 0. The predicted molar refractivity (Wildman–Crippen MR) is 89.4 cm³/mol. The van der Waals surface area contributed by atoms with Crippen LogP contribution in [-0.4, -0.2) is 19.2 Å². The average molecular weight is 289 g/mol. The van der Waals surface area contributed by atoms with Crippen molar-refractivity contribution in [1.82, 2.24) is 5.32 Å². The van der Waals surface area contributed by atoms with E-state index in [0.29, 0.717) is 0 Å². The topological polar surface area (TPSA) is 21.3 Å². The molecule has 0 bridgehead atoms. The minimum atomic E-state index is 0.00932. The number of hydrogen-bond donors (Lipinski definition) is 1. The van der Waals surface area contributed by atoms with Crippen LogP contribution in [0.3, 0.4) is 0 Å². The van der Waals surface area contributed by atoms with Crippen LogP contribution in [0.15, 0.2) is 30.3 Å². The van der Waals surface area contributed by atoms with Crippen molar-refractivity contribution in [2.75, 3.05) is 13.6 Å². The maximum atomic E-state index is 6.57. The minimum absolute atomic E-state index is 0.00932. The van der Waals surface area contributed by atoms with E-state index in [2.05, 4.69) is 56.4 Å². The second-order valence-electron chi connectivity index (χ2n) is 6.97. The van der Waals surface area contributed by atoms with E-state index in [1.165, 1.54) is 31.2 Å². The highest BCUT2D eigenvalue weighted by molar-refractivity contribution is 5.17. The first-order valence-corrected chi connectivity index (χ1v) is 8.44. The van der Waals surface area contributed by atoms with E-state index in [1.807, 2.05) is 7.05 Å². The van der Waals surface area contributed by atoms with E-state index in [1.54, 1.807) is 0 Å². The van der Waals surface area contributed by atoms with Gasteiger partial charge >= 0.3 is 0 Å². The average Bonchev–Trinajstić information content (AvgIpc) is 2.49. The summed E-state index contributed by atoms with van der Waals surface area (Å²) < 4.78 is 6.57. The van der Waals surface area contributed by atoms with Crippen molar-refractivity contribution < 1.29 is 4.74 Å². The first-order chi connectivity index (χ1) is 10.1. The Morgan fingerprint density at radius 1 is 1.14 bits per heavy atom. The molecule has 1 aromatic rings. The summed E-state index contributed by atoms with van der Waals surface area (Å²) in [7, 11) is 2.03. The number of ether oxygens (including phenoxy) is 1. The van der Waals surface area contributed by atoms with E-state index in [4.69, 9.17) is 4.74 Å². The van der Waals surface area contributed by atoms with Gasteiger partial charge in [0.25, 0.3) is 0 Å². The number of nitrogens with one attached hydrogen (secondary N) is 1. The quantitative estimate of drug-likeness (QED) is 0.828. The molecule has 118 valence electrons. The third-order valence-electron chi connectivity index (χ3n) is 5.08. The van der Waals surface area contributed by atoms with Gasteiger partial charge in [0.05, 0.1) is 11.7 Å². The van der Waals surface area contributed by atoms with Crippen LogP contribution in [0.25, 0.3) is 0 Å². The SMILES string of the molecule is CNCC1(OC(C)c2ccccc2)CCC(C(C)C)CC1. The fraction of sp³-hybridized carbons (Fsp3) is 0.684. The van der Waals surface area contributed by atoms with Gasteiger partial charge in [0.1, 0.15) is 0 Å². The normalized spacial score (nSPS) is 27.8. The Hall–Kier alpha value is -0.860. The van der Waals surface area contributed by atoms with Crippen molar-refractivity contribution in [3.63, 3.8) is 0 Å². The van der Waals surface area contributed by atoms with Crippen molar-refractivity contribution in [1.29, 1.82) is 0 Å². The van der Waals surface area contributed by atoms with Crippen LogP contribution in [0.5, 0.6) is 0 Å². The Kier molecular flexibility index (Phi) is 5.83. The van der Waals surface area contributed by atoms with Crippen LogP contribution in [0, 0.1) is 11.8 Å². The molecule has 21 heavy (non-hydrogen) atoms. The molecule has 2 heteroatoms. The number of likely N-dealkylation sites (N-methyl/N-ethyl adjacent to an activating group) is 1. The van der Waals surface area contributed by atoms with Gasteiger partial charge in [0.2, 0.25) is 0 Å². The zero-order valence-electron chi connectivity index (χ0n) is 14.1. The molecule has 0 spiro atoms. The highest BCUT2D eigenvalue weighted by Crippen LogP contribution is 2.40. The van der Waals surface area contributed by atoms with Gasteiger partial charge in [-0.25, -0.2) is 0 Å². The molecule has 0 heterocycles. The standard InChI is InChI=1S/C19H31NO/c1-15(2)17-10-12-19(13-11-17,14-20-4)21-16(3)18-8-6-5-7-9-18/h5-9,15-17,20H,10-14H2,1-4H3. The lowest BCUT2D eigenvalue weighted by Crippen LogP contribution is -2.46. The van der Waals surface area contributed by atoms with Crippen molar-refractivity contribution in [3.05, 3.63) is 35.9 Å². The molecule has 0 radical (unpaired) electrons. The van der Waals surface area contributed by atoms with Crippen molar-refractivity contribution >= 4 is 0 Å². The van der Waals surface area contributed by atoms with Gasteiger partial charge in [-0.3, -0.25) is 0 Å². The molecule has 2 nitrogen and oxygen atoms in total. The largest absolute Gasteiger partial charge is 0.366 e. The fourth-order valence-corrected chi connectivity index (χ4v) is 3.66. The third kappa shape index (κ3) is 4.31. The molecule has 1 atom stereocenters. The van der Waals surface area contributed by atoms with Gasteiger partial charge in [-0.05, 0) is 57.1 Å². The van der Waals surface area contributed by atoms with E-state index >= 15 is 0 Å². The molecule has 0 aromatic heterocycles. The molecular weight excluding hydrogens is 258 g/mol. The second-order valence-corrected chi connectivity index (χ2v) is 6.97. The molecule has 1 N–H and O–H groups in total. The molecule has 0 saturated heterocycles. The first kappa shape index (κ1) is 16.5. The first-order valence-electron chi connectivity index (χ1n) is 8.44. The van der Waals surface area contributed by atoms with Gasteiger partial charge < -0.3 is 10.1 Å². The van der Waals surface area contributed by atoms with Crippen LogP contribution >= 0.6 is 0 Å². The predicted octanol–water partition coefficient (Wildman–Crippen LogP) is 4.57. The van der Waals surface area contributed by atoms with Crippen LogP contribution < -0.4 is 5.32 Å². The lowest BCUT2D eigenvalue weighted by atomic mass is 9.74. The number of hydrogen-bond acceptors (Lipinski definition) is 2. The highest BCUT2D eigenvalue weighted by atomic mass is 16.5. The van der Waals surface area contributed by atoms with E-state index in [9.17, 15) is 0 Å². The summed E-state index contributed by atoms with van der Waals surface area (Å²) in [6.45, 7) is 7.84. The smallest absolute Gasteiger partial charge is 0.0814 e. The third-order valence-corrected chi connectivity index (χ3v) is 5.08. The monoisotopic (exact) mass is 289 g/mol. The number of rotatable bonds is 6. The summed E-state index contributed by atoms with van der Waals surface area (Å²) in [4.78, 5) is 0. The van der Waals surface area contributed by atoms with E-state index in [0.717, 1.165) is 18.4 Å². The van der Waals surface area contributed by atoms with Crippen molar-refractivity contribution in [3.8, 4) is 0 Å². The van der Waals surface area contributed by atoms with Crippen molar-refractivity contribution in [2.24, 2.45) is 11.8 Å². The molecule has 1 saturated carbocycles. The Morgan fingerprint density at radius 3 is 2.29 bits per heavy atom. The zero-order valence-corrected chi connectivity index (χ0v) is 14.1. The molecular formula is C19H31NO. The van der Waals surface area contributed by atoms with Crippen molar-refractivity contribution in [2.45, 2.75) is 58.2 Å². The van der Waals surface area contributed by atoms with Gasteiger partial charge in [0, 0.05) is 6.54 Å². The molecule has 2 rings (SSSR count). The molecule has 1 unspecified atom stereocenters. The molecule has 1 fully saturated rings. The molecule has 0 aliphatic heterocycles. The maximum Gasteiger partial charge on any atom is 0.0814 e. The Morgan fingerprint density at radius 2 is 1.76 bits per heavy atom. The molecule has 1 aliphatic rings. The fourth-order valence-electron chi connectivity index (χ4n) is 3.66. The summed E-state index contributed by atoms with van der Waals surface area (Å²) in [6.07, 6.45) is 5.10. The lowest BCUT2D eigenvalue weighted by molar-refractivity contribution is -0.115. The summed E-state index contributed by atoms with van der Waals surface area (Å²) in [5.41, 5.74) is 1.29. The maximum absolute atomic E-state index is 6.57. The van der Waals surface area contributed by atoms with Gasteiger partial charge in [-0.15, -0.1) is 0 Å². The molecule has 1 aromatic carbocycles. The summed E-state index contributed by atoms with van der Waals surface area (Å²) in [6, 6.07) is 10.6. The summed E-state index contributed by atoms with van der Waals surface area (Å²) in [5, 5.41) is 3.35. The van der Waals surface area contributed by atoms with Crippen LogP contribution in [0.2, 0.25) is 0 Å². The highest BCUT2D eigenvalue weighted by Gasteiger charge is 2.37. The van der Waals surface area contributed by atoms with Crippen LogP contribution in [0.4, 0.5) is 0 Å². The Labute approximate surface area is 130 Å². The van der Waals surface area contributed by atoms with Crippen LogP contribution in [-0.2, 0) is 4.74 Å². The lowest BCUT2D eigenvalue weighted by Gasteiger charge is -2.43. The molecule has 0 amide bonds. The molecule has 1 aliphatic carbocycles. The Balaban J connectivity index is 2.02. The van der Waals surface area contributed by atoms with E-state index in [-0.39, 0.29) is 11.7 Å². The minimum Gasteiger partial charge on any atom is -0.366 e. The van der Waals surface area contributed by atoms with E-state index < -0.39 is 0 Å². The summed E-state index contributed by atoms with van der Waals surface area (Å²) in [5.74, 6) is 1.66. The second kappa shape index (κ2) is 7.42. The van der Waals surface area contributed by atoms with Gasteiger partial charge in [-0.1, -0.05) is 44.2 Å². The van der Waals surface area contributed by atoms with Gasteiger partial charge in [0.15, 0.2) is 0 Å². The Bertz CT molecular complexity index is 407. The van der Waals surface area contributed by atoms with Gasteiger partial charge in [-0.2, -0.15) is 0 Å². The zero-order chi connectivity index (χ0) is 15.3. The number of benzene rings is 1. The van der Waals surface area contributed by atoms with Crippen LogP contribution in [0.1, 0.15) is 58.1 Å².